The number of urea groups is 1. The number of amides is 2. The Bertz CT molecular complexity index is 531. The second-order valence-electron chi connectivity index (χ2n) is 6.50. The number of thioether (sulfide) groups is 1. The second-order valence-corrected chi connectivity index (χ2v) is 7.84. The van der Waals surface area contributed by atoms with Crippen molar-refractivity contribution in [2.45, 2.75) is 31.1 Å². The van der Waals surface area contributed by atoms with Crippen molar-refractivity contribution in [1.82, 2.24) is 9.80 Å². The zero-order valence-corrected chi connectivity index (χ0v) is 14.8. The van der Waals surface area contributed by atoms with Gasteiger partial charge in [0, 0.05) is 30.2 Å². The maximum Gasteiger partial charge on any atom is 0.321 e. The molecule has 2 heterocycles. The fourth-order valence-electron chi connectivity index (χ4n) is 3.53. The highest BCUT2D eigenvalue weighted by molar-refractivity contribution is 7.99. The smallest absolute Gasteiger partial charge is 0.321 e. The highest BCUT2D eigenvalue weighted by Gasteiger charge is 2.28. The Morgan fingerprint density at radius 3 is 2.91 bits per heavy atom. The first kappa shape index (κ1) is 16.7. The number of carbonyl (C=O) groups is 1. The molecule has 2 saturated heterocycles. The summed E-state index contributed by atoms with van der Waals surface area (Å²) in [4.78, 5) is 18.2. The number of likely N-dealkylation sites (tertiary alicyclic amines) is 2. The van der Waals surface area contributed by atoms with Gasteiger partial charge in [0.2, 0.25) is 0 Å². The van der Waals surface area contributed by atoms with Gasteiger partial charge in [-0.05, 0) is 62.2 Å². The summed E-state index contributed by atoms with van der Waals surface area (Å²) in [5, 5.41) is 3.06. The van der Waals surface area contributed by atoms with Crippen LogP contribution in [-0.4, -0.2) is 54.3 Å². The fraction of sp³-hybridized carbons (Fsp3) is 0.611. The average molecular weight is 334 g/mol. The van der Waals surface area contributed by atoms with Gasteiger partial charge in [0.1, 0.15) is 0 Å². The molecule has 0 bridgehead atoms. The van der Waals surface area contributed by atoms with Crippen molar-refractivity contribution in [2.24, 2.45) is 5.92 Å². The van der Waals surface area contributed by atoms with Crippen molar-refractivity contribution in [1.29, 1.82) is 0 Å². The van der Waals surface area contributed by atoms with Crippen molar-refractivity contribution in [3.05, 3.63) is 24.3 Å². The van der Waals surface area contributed by atoms with Gasteiger partial charge >= 0.3 is 6.03 Å². The van der Waals surface area contributed by atoms with E-state index in [0.717, 1.165) is 37.5 Å². The van der Waals surface area contributed by atoms with Crippen LogP contribution in [0.25, 0.3) is 0 Å². The summed E-state index contributed by atoms with van der Waals surface area (Å²) >= 11 is 1.80. The Kier molecular flexibility index (Phi) is 5.84. The molecule has 1 aromatic carbocycles. The number of hydrogen-bond donors (Lipinski definition) is 1. The van der Waals surface area contributed by atoms with Gasteiger partial charge in [-0.3, -0.25) is 0 Å². The van der Waals surface area contributed by atoms with Gasteiger partial charge in [0.15, 0.2) is 0 Å². The number of anilines is 1. The van der Waals surface area contributed by atoms with Gasteiger partial charge < -0.3 is 15.1 Å². The first-order chi connectivity index (χ1) is 11.2. The van der Waals surface area contributed by atoms with Crippen LogP contribution in [0.3, 0.4) is 0 Å². The maximum atomic E-state index is 12.5. The van der Waals surface area contributed by atoms with Gasteiger partial charge in [-0.25, -0.2) is 4.79 Å². The largest absolute Gasteiger partial charge is 0.324 e. The average Bonchev–Trinajstić information content (AvgIpc) is 3.20. The van der Waals surface area contributed by atoms with Crippen LogP contribution in [0.5, 0.6) is 0 Å². The van der Waals surface area contributed by atoms with Gasteiger partial charge in [0.05, 0.1) is 0 Å². The Balaban J connectivity index is 1.49. The summed E-state index contributed by atoms with van der Waals surface area (Å²) in [6.45, 7) is 7.56. The van der Waals surface area contributed by atoms with E-state index < -0.39 is 0 Å². The number of rotatable bonds is 5. The summed E-state index contributed by atoms with van der Waals surface area (Å²) in [5.74, 6) is 1.68. The van der Waals surface area contributed by atoms with Crippen LogP contribution in [0.4, 0.5) is 10.5 Å². The molecule has 0 unspecified atom stereocenters. The van der Waals surface area contributed by atoms with E-state index in [-0.39, 0.29) is 6.03 Å². The van der Waals surface area contributed by atoms with Crippen molar-refractivity contribution >= 4 is 23.5 Å². The molecule has 1 aromatic rings. The molecule has 1 atom stereocenters. The number of nitrogens with one attached hydrogen (secondary N) is 1. The molecule has 0 spiro atoms. The SMILES string of the molecule is CCSc1cccc(NC(=O)N2CC[C@H](CN3CCCC3)C2)c1. The predicted octanol–water partition coefficient (Wildman–Crippen LogP) is 3.75. The van der Waals surface area contributed by atoms with Crippen molar-refractivity contribution in [3.63, 3.8) is 0 Å². The third kappa shape index (κ3) is 4.64. The first-order valence-corrected chi connectivity index (χ1v) is 9.74. The molecular formula is C18H27N3OS. The van der Waals surface area contributed by atoms with E-state index in [1.54, 1.807) is 11.8 Å². The first-order valence-electron chi connectivity index (χ1n) is 8.75. The van der Waals surface area contributed by atoms with Crippen LogP contribution in [0.1, 0.15) is 26.2 Å². The molecule has 2 fully saturated rings. The maximum absolute atomic E-state index is 12.5. The summed E-state index contributed by atoms with van der Waals surface area (Å²) in [6.07, 6.45) is 3.81. The highest BCUT2D eigenvalue weighted by atomic mass is 32.2. The van der Waals surface area contributed by atoms with Crippen LogP contribution >= 0.6 is 11.8 Å². The number of hydrogen-bond acceptors (Lipinski definition) is 3. The normalized spacial score (nSPS) is 21.8. The lowest BCUT2D eigenvalue weighted by Gasteiger charge is -2.21. The zero-order valence-electron chi connectivity index (χ0n) is 14.0. The van der Waals surface area contributed by atoms with Crippen LogP contribution in [0.15, 0.2) is 29.2 Å². The molecule has 4 nitrogen and oxygen atoms in total. The second kappa shape index (κ2) is 8.06. The van der Waals surface area contributed by atoms with Crippen molar-refractivity contribution in [3.8, 4) is 0 Å². The standard InChI is InChI=1S/C18H27N3OS/c1-2-23-17-7-5-6-16(12-17)19-18(22)21-11-8-15(14-21)13-20-9-3-4-10-20/h5-7,12,15H,2-4,8-11,13-14H2,1H3,(H,19,22)/t15-/m1/s1. The predicted molar refractivity (Wildman–Crippen MR) is 97.2 cm³/mol. The third-order valence-corrected chi connectivity index (χ3v) is 5.56. The van der Waals surface area contributed by atoms with Gasteiger partial charge in [-0.2, -0.15) is 0 Å². The summed E-state index contributed by atoms with van der Waals surface area (Å²) in [7, 11) is 0. The lowest BCUT2D eigenvalue weighted by Crippen LogP contribution is -2.34. The van der Waals surface area contributed by atoms with Crippen LogP contribution in [0.2, 0.25) is 0 Å². The van der Waals surface area contributed by atoms with Crippen LogP contribution in [-0.2, 0) is 0 Å². The Morgan fingerprint density at radius 1 is 1.30 bits per heavy atom. The number of carbonyl (C=O) groups excluding carboxylic acids is 1. The Hall–Kier alpha value is -1.20. The molecular weight excluding hydrogens is 306 g/mol. The molecule has 23 heavy (non-hydrogen) atoms. The molecule has 2 aliphatic heterocycles. The van der Waals surface area contributed by atoms with E-state index in [0.29, 0.717) is 5.92 Å². The zero-order chi connectivity index (χ0) is 16.1. The highest BCUT2D eigenvalue weighted by Crippen LogP contribution is 2.23. The van der Waals surface area contributed by atoms with E-state index in [1.807, 2.05) is 17.0 Å². The third-order valence-electron chi connectivity index (χ3n) is 4.68. The molecule has 2 aliphatic rings. The molecule has 3 rings (SSSR count). The summed E-state index contributed by atoms with van der Waals surface area (Å²) in [6, 6.07) is 8.17. The summed E-state index contributed by atoms with van der Waals surface area (Å²) < 4.78 is 0. The lowest BCUT2D eigenvalue weighted by atomic mass is 10.1. The van der Waals surface area contributed by atoms with Crippen LogP contribution < -0.4 is 5.32 Å². The fourth-order valence-corrected chi connectivity index (χ4v) is 4.25. The van der Waals surface area contributed by atoms with Gasteiger partial charge in [0.25, 0.3) is 0 Å². The minimum Gasteiger partial charge on any atom is -0.324 e. The molecule has 1 N–H and O–H groups in total. The minimum atomic E-state index is 0.0487. The van der Waals surface area contributed by atoms with E-state index in [9.17, 15) is 4.79 Å². The van der Waals surface area contributed by atoms with E-state index in [4.69, 9.17) is 0 Å². The van der Waals surface area contributed by atoms with E-state index >= 15 is 0 Å². The molecule has 0 saturated carbocycles. The Morgan fingerprint density at radius 2 is 2.13 bits per heavy atom. The number of benzene rings is 1. The van der Waals surface area contributed by atoms with Crippen LogP contribution in [0, 0.1) is 5.92 Å². The summed E-state index contributed by atoms with van der Waals surface area (Å²) in [5.41, 5.74) is 0.899. The monoisotopic (exact) mass is 333 g/mol. The van der Waals surface area contributed by atoms with Crippen molar-refractivity contribution in [2.75, 3.05) is 43.8 Å². The van der Waals surface area contributed by atoms with Crippen molar-refractivity contribution < 1.29 is 4.79 Å². The van der Waals surface area contributed by atoms with E-state index in [2.05, 4.69) is 29.3 Å². The topological polar surface area (TPSA) is 35.6 Å². The van der Waals surface area contributed by atoms with Gasteiger partial charge in [-0.15, -0.1) is 11.8 Å². The van der Waals surface area contributed by atoms with E-state index in [1.165, 1.54) is 30.8 Å². The van der Waals surface area contributed by atoms with Gasteiger partial charge in [-0.1, -0.05) is 13.0 Å². The quantitative estimate of drug-likeness (QED) is 0.834. The lowest BCUT2D eigenvalue weighted by molar-refractivity contribution is 0.217. The number of nitrogens with zero attached hydrogens (tertiary/aromatic N) is 2. The molecule has 0 aliphatic carbocycles. The molecule has 0 radical (unpaired) electrons. The molecule has 126 valence electrons. The molecule has 0 aromatic heterocycles. The molecule has 5 heteroatoms. The molecule has 2 amide bonds. The minimum absolute atomic E-state index is 0.0487. The Labute approximate surface area is 143 Å².